The van der Waals surface area contributed by atoms with Gasteiger partial charge in [-0.15, -0.1) is 0 Å². The Kier molecular flexibility index (Phi) is 3.27. The van der Waals surface area contributed by atoms with Crippen LogP contribution in [-0.2, 0) is 0 Å². The number of benzene rings is 1. The number of H-pyrrole nitrogens is 1. The first-order valence-corrected chi connectivity index (χ1v) is 7.58. The Morgan fingerprint density at radius 1 is 1.10 bits per heavy atom. The average Bonchev–Trinajstić information content (AvgIpc) is 3.14. The van der Waals surface area contributed by atoms with Gasteiger partial charge in [-0.25, -0.2) is 4.98 Å². The molecule has 5 nitrogen and oxygen atoms in total. The van der Waals surface area contributed by atoms with Crippen LogP contribution in [0.2, 0.25) is 0 Å². The van der Waals surface area contributed by atoms with Crippen LogP contribution in [0.25, 0.3) is 11.3 Å². The first-order valence-electron chi connectivity index (χ1n) is 7.58. The molecule has 0 amide bonds. The van der Waals surface area contributed by atoms with E-state index in [1.165, 1.54) is 6.42 Å². The van der Waals surface area contributed by atoms with Crippen LogP contribution in [0, 0.1) is 0 Å². The van der Waals surface area contributed by atoms with Gasteiger partial charge in [-0.05, 0) is 37.6 Å². The van der Waals surface area contributed by atoms with Gasteiger partial charge in [-0.1, -0.05) is 0 Å². The summed E-state index contributed by atoms with van der Waals surface area (Å²) in [7, 11) is 0. The molecule has 2 N–H and O–H groups in total. The van der Waals surface area contributed by atoms with Gasteiger partial charge in [-0.3, -0.25) is 0 Å². The molecule has 1 fully saturated rings. The van der Waals surface area contributed by atoms with E-state index in [-0.39, 0.29) is 0 Å². The van der Waals surface area contributed by atoms with E-state index in [2.05, 4.69) is 15.3 Å². The smallest absolute Gasteiger partial charge is 0.161 e. The number of ether oxygens (including phenoxy) is 2. The molecule has 0 spiro atoms. The fourth-order valence-electron chi connectivity index (χ4n) is 2.91. The van der Waals surface area contributed by atoms with Crippen molar-refractivity contribution in [3.8, 4) is 22.8 Å². The highest BCUT2D eigenvalue weighted by atomic mass is 16.5. The number of fused-ring (bicyclic) bond motifs is 1. The summed E-state index contributed by atoms with van der Waals surface area (Å²) in [6, 6.07) is 6.41. The Balaban J connectivity index is 1.62. The van der Waals surface area contributed by atoms with Crippen LogP contribution in [0.5, 0.6) is 11.5 Å². The zero-order valence-corrected chi connectivity index (χ0v) is 11.9. The van der Waals surface area contributed by atoms with Crippen LogP contribution in [-0.4, -0.2) is 29.7 Å². The topological polar surface area (TPSA) is 59.2 Å². The summed E-state index contributed by atoms with van der Waals surface area (Å²) in [5.41, 5.74) is 2.10. The number of hydrogen-bond acceptors (Lipinski definition) is 4. The summed E-state index contributed by atoms with van der Waals surface area (Å²) >= 11 is 0. The van der Waals surface area contributed by atoms with Crippen LogP contribution in [0.3, 0.4) is 0 Å². The Morgan fingerprint density at radius 3 is 2.86 bits per heavy atom. The number of aromatic nitrogens is 2. The largest absolute Gasteiger partial charge is 0.490 e. The molecule has 110 valence electrons. The summed E-state index contributed by atoms with van der Waals surface area (Å²) in [5, 5.41) is 3.46. The molecule has 1 aromatic carbocycles. The third-order valence-electron chi connectivity index (χ3n) is 4.04. The molecule has 4 rings (SSSR count). The van der Waals surface area contributed by atoms with Crippen LogP contribution < -0.4 is 14.8 Å². The minimum Gasteiger partial charge on any atom is -0.490 e. The molecule has 2 aliphatic heterocycles. The van der Waals surface area contributed by atoms with Crippen molar-refractivity contribution in [2.24, 2.45) is 0 Å². The van der Waals surface area contributed by atoms with E-state index in [1.54, 1.807) is 0 Å². The zero-order valence-electron chi connectivity index (χ0n) is 11.9. The van der Waals surface area contributed by atoms with Crippen LogP contribution >= 0.6 is 0 Å². The van der Waals surface area contributed by atoms with E-state index in [9.17, 15) is 0 Å². The molecule has 1 unspecified atom stereocenters. The number of imidazole rings is 1. The second kappa shape index (κ2) is 5.41. The van der Waals surface area contributed by atoms with Crippen LogP contribution in [0.1, 0.15) is 31.1 Å². The predicted octanol–water partition coefficient (Wildman–Crippen LogP) is 2.66. The maximum absolute atomic E-state index is 5.75. The van der Waals surface area contributed by atoms with Gasteiger partial charge in [0.2, 0.25) is 0 Å². The molecule has 1 saturated heterocycles. The minimum atomic E-state index is 0.360. The Hall–Kier alpha value is -2.01. The summed E-state index contributed by atoms with van der Waals surface area (Å²) in [4.78, 5) is 7.94. The molecule has 2 aliphatic rings. The highest BCUT2D eigenvalue weighted by molar-refractivity contribution is 5.63. The van der Waals surface area contributed by atoms with Gasteiger partial charge in [0.1, 0.15) is 5.82 Å². The minimum absolute atomic E-state index is 0.360. The van der Waals surface area contributed by atoms with Gasteiger partial charge in [0.15, 0.2) is 11.5 Å². The van der Waals surface area contributed by atoms with Gasteiger partial charge in [0, 0.05) is 12.0 Å². The lowest BCUT2D eigenvalue weighted by Crippen LogP contribution is -2.14. The summed E-state index contributed by atoms with van der Waals surface area (Å²) < 4.78 is 11.4. The number of aromatic amines is 1. The van der Waals surface area contributed by atoms with E-state index in [0.717, 1.165) is 48.0 Å². The number of hydrogen-bond donors (Lipinski definition) is 2. The Morgan fingerprint density at radius 2 is 2.00 bits per heavy atom. The molecule has 2 aromatic rings. The second-order valence-electron chi connectivity index (χ2n) is 5.54. The average molecular weight is 285 g/mol. The fourth-order valence-corrected chi connectivity index (χ4v) is 2.91. The third kappa shape index (κ3) is 2.49. The van der Waals surface area contributed by atoms with Crippen LogP contribution in [0.4, 0.5) is 0 Å². The summed E-state index contributed by atoms with van der Waals surface area (Å²) in [5.74, 6) is 2.67. The van der Waals surface area contributed by atoms with Crippen molar-refractivity contribution in [2.45, 2.75) is 25.3 Å². The van der Waals surface area contributed by atoms with E-state index < -0.39 is 0 Å². The second-order valence-corrected chi connectivity index (χ2v) is 5.54. The van der Waals surface area contributed by atoms with Gasteiger partial charge in [-0.2, -0.15) is 0 Å². The van der Waals surface area contributed by atoms with Crippen molar-refractivity contribution in [3.05, 3.63) is 30.2 Å². The quantitative estimate of drug-likeness (QED) is 0.890. The maximum Gasteiger partial charge on any atom is 0.161 e. The lowest BCUT2D eigenvalue weighted by Gasteiger charge is -2.09. The van der Waals surface area contributed by atoms with Crippen molar-refractivity contribution < 1.29 is 9.47 Å². The van der Waals surface area contributed by atoms with Gasteiger partial charge in [0.25, 0.3) is 0 Å². The van der Waals surface area contributed by atoms with Crippen molar-refractivity contribution >= 4 is 0 Å². The summed E-state index contributed by atoms with van der Waals surface area (Å²) in [6.45, 7) is 2.50. The number of rotatable bonds is 2. The van der Waals surface area contributed by atoms with Crippen molar-refractivity contribution in [1.82, 2.24) is 15.3 Å². The monoisotopic (exact) mass is 285 g/mol. The van der Waals surface area contributed by atoms with Gasteiger partial charge < -0.3 is 19.8 Å². The molecule has 3 heterocycles. The first kappa shape index (κ1) is 12.7. The Bertz CT molecular complexity index is 632. The van der Waals surface area contributed by atoms with Crippen molar-refractivity contribution in [2.75, 3.05) is 19.8 Å². The SMILES string of the molecule is c1cc2c(cc1-c1cnc(C3CCCN3)[nH]1)OCCCO2. The van der Waals surface area contributed by atoms with Crippen molar-refractivity contribution in [3.63, 3.8) is 0 Å². The highest BCUT2D eigenvalue weighted by Gasteiger charge is 2.19. The predicted molar refractivity (Wildman–Crippen MR) is 79.6 cm³/mol. The number of nitrogens with zero attached hydrogens (tertiary/aromatic N) is 1. The first-order chi connectivity index (χ1) is 10.4. The van der Waals surface area contributed by atoms with Gasteiger partial charge >= 0.3 is 0 Å². The van der Waals surface area contributed by atoms with E-state index >= 15 is 0 Å². The normalized spacial score (nSPS) is 21.2. The fraction of sp³-hybridized carbons (Fsp3) is 0.438. The molecular formula is C16H19N3O2. The van der Waals surface area contributed by atoms with Crippen molar-refractivity contribution in [1.29, 1.82) is 0 Å². The highest BCUT2D eigenvalue weighted by Crippen LogP contribution is 2.34. The molecule has 0 aliphatic carbocycles. The molecule has 21 heavy (non-hydrogen) atoms. The molecule has 5 heteroatoms. The molecule has 0 saturated carbocycles. The molecule has 1 atom stereocenters. The third-order valence-corrected chi connectivity index (χ3v) is 4.04. The molecule has 0 radical (unpaired) electrons. The molecule has 1 aromatic heterocycles. The number of nitrogens with one attached hydrogen (secondary N) is 2. The zero-order chi connectivity index (χ0) is 14.1. The molecular weight excluding hydrogens is 266 g/mol. The standard InChI is InChI=1S/C16H19N3O2/c1-3-12(17-6-1)16-18-10-13(19-16)11-4-5-14-15(9-11)21-8-2-7-20-14/h4-5,9-10,12,17H,1-3,6-8H2,(H,18,19). The lowest BCUT2D eigenvalue weighted by atomic mass is 10.1. The van der Waals surface area contributed by atoms with E-state index in [4.69, 9.17) is 9.47 Å². The lowest BCUT2D eigenvalue weighted by molar-refractivity contribution is 0.297. The van der Waals surface area contributed by atoms with Gasteiger partial charge in [0.05, 0.1) is 31.1 Å². The summed E-state index contributed by atoms with van der Waals surface area (Å²) in [6.07, 6.45) is 5.18. The molecule has 0 bridgehead atoms. The van der Waals surface area contributed by atoms with E-state index in [1.807, 2.05) is 24.4 Å². The maximum atomic E-state index is 5.75. The van der Waals surface area contributed by atoms with Crippen LogP contribution in [0.15, 0.2) is 24.4 Å². The van der Waals surface area contributed by atoms with E-state index in [0.29, 0.717) is 19.3 Å². The Labute approximate surface area is 123 Å².